The number of rotatable bonds is 3. The summed E-state index contributed by atoms with van der Waals surface area (Å²) < 4.78 is 3.84. The normalized spacial score (nSPS) is 19.1. The van der Waals surface area contributed by atoms with E-state index in [0.29, 0.717) is 0 Å². The fraction of sp³-hybridized carbons (Fsp3) is 0.778. The number of aromatic nitrogens is 2. The van der Waals surface area contributed by atoms with E-state index in [1.165, 1.54) is 48.5 Å². The number of hydrogen-bond acceptors (Lipinski definition) is 4. The molecule has 1 aliphatic rings. The van der Waals surface area contributed by atoms with Gasteiger partial charge in [-0.15, -0.1) is 5.10 Å². The van der Waals surface area contributed by atoms with Gasteiger partial charge in [0.1, 0.15) is 0 Å². The lowest BCUT2D eigenvalue weighted by molar-refractivity contribution is 0.373. The zero-order valence-electron chi connectivity index (χ0n) is 7.70. The topological polar surface area (TPSA) is 37.8 Å². The standard InChI is InChI=1S/C9H15N3S/c1-2-4-8(5-3-1)10-6-9-7-11-12-13-9/h7-8,10H,1-6H2. The van der Waals surface area contributed by atoms with Crippen LogP contribution in [-0.4, -0.2) is 15.6 Å². The van der Waals surface area contributed by atoms with Gasteiger partial charge >= 0.3 is 0 Å². The lowest BCUT2D eigenvalue weighted by Crippen LogP contribution is -2.30. The first kappa shape index (κ1) is 9.09. The predicted octanol–water partition coefficient (Wildman–Crippen LogP) is 1.96. The molecule has 1 fully saturated rings. The molecule has 0 unspecified atom stereocenters. The van der Waals surface area contributed by atoms with Gasteiger partial charge in [0.05, 0.1) is 11.1 Å². The van der Waals surface area contributed by atoms with Crippen molar-refractivity contribution in [2.75, 3.05) is 0 Å². The molecule has 3 nitrogen and oxygen atoms in total. The van der Waals surface area contributed by atoms with Gasteiger partial charge in [-0.05, 0) is 24.4 Å². The van der Waals surface area contributed by atoms with Crippen LogP contribution < -0.4 is 5.32 Å². The van der Waals surface area contributed by atoms with E-state index in [1.54, 1.807) is 0 Å². The summed E-state index contributed by atoms with van der Waals surface area (Å²) in [7, 11) is 0. The van der Waals surface area contributed by atoms with Gasteiger partial charge in [-0.3, -0.25) is 0 Å². The second kappa shape index (κ2) is 4.67. The van der Waals surface area contributed by atoms with Crippen LogP contribution in [0.4, 0.5) is 0 Å². The molecule has 1 aromatic heterocycles. The molecule has 1 heterocycles. The van der Waals surface area contributed by atoms with Gasteiger partial charge in [0.15, 0.2) is 0 Å². The molecule has 4 heteroatoms. The molecule has 0 radical (unpaired) electrons. The summed E-state index contributed by atoms with van der Waals surface area (Å²) >= 11 is 1.49. The van der Waals surface area contributed by atoms with Crippen molar-refractivity contribution >= 4 is 11.5 Å². The Balaban J connectivity index is 1.72. The maximum atomic E-state index is 3.84. The van der Waals surface area contributed by atoms with Crippen LogP contribution in [0.25, 0.3) is 0 Å². The van der Waals surface area contributed by atoms with E-state index >= 15 is 0 Å². The maximum Gasteiger partial charge on any atom is 0.0666 e. The van der Waals surface area contributed by atoms with E-state index in [9.17, 15) is 0 Å². The molecule has 0 aliphatic heterocycles. The van der Waals surface area contributed by atoms with Crippen molar-refractivity contribution in [2.24, 2.45) is 0 Å². The zero-order valence-corrected chi connectivity index (χ0v) is 8.52. The third-order valence-electron chi connectivity index (χ3n) is 2.58. The molecule has 0 spiro atoms. The Bertz CT molecular complexity index is 229. The Morgan fingerprint density at radius 1 is 1.38 bits per heavy atom. The van der Waals surface area contributed by atoms with Gasteiger partial charge in [-0.2, -0.15) is 0 Å². The van der Waals surface area contributed by atoms with Crippen molar-refractivity contribution in [3.05, 3.63) is 11.1 Å². The molecule has 1 saturated carbocycles. The lowest BCUT2D eigenvalue weighted by atomic mass is 9.95. The average molecular weight is 197 g/mol. The Morgan fingerprint density at radius 2 is 2.23 bits per heavy atom. The van der Waals surface area contributed by atoms with Gasteiger partial charge in [0, 0.05) is 12.6 Å². The minimum Gasteiger partial charge on any atom is -0.309 e. The summed E-state index contributed by atoms with van der Waals surface area (Å²) in [6.45, 7) is 0.947. The summed E-state index contributed by atoms with van der Waals surface area (Å²) in [5.74, 6) is 0. The van der Waals surface area contributed by atoms with Crippen LogP contribution >= 0.6 is 11.5 Å². The molecular weight excluding hydrogens is 182 g/mol. The van der Waals surface area contributed by atoms with Crippen molar-refractivity contribution in [3.63, 3.8) is 0 Å². The highest BCUT2D eigenvalue weighted by atomic mass is 32.1. The minimum absolute atomic E-state index is 0.732. The monoisotopic (exact) mass is 197 g/mol. The minimum atomic E-state index is 0.732. The third-order valence-corrected chi connectivity index (χ3v) is 3.24. The molecule has 0 saturated heterocycles. The summed E-state index contributed by atoms with van der Waals surface area (Å²) in [5.41, 5.74) is 0. The zero-order chi connectivity index (χ0) is 8.93. The molecule has 1 aliphatic carbocycles. The van der Waals surface area contributed by atoms with Crippen molar-refractivity contribution in [3.8, 4) is 0 Å². The van der Waals surface area contributed by atoms with Crippen LogP contribution in [0.3, 0.4) is 0 Å². The molecule has 0 amide bonds. The van der Waals surface area contributed by atoms with Crippen LogP contribution in [-0.2, 0) is 6.54 Å². The summed E-state index contributed by atoms with van der Waals surface area (Å²) in [6, 6.07) is 0.732. The van der Waals surface area contributed by atoms with E-state index in [2.05, 4.69) is 14.9 Å². The molecule has 0 atom stereocenters. The van der Waals surface area contributed by atoms with E-state index < -0.39 is 0 Å². The van der Waals surface area contributed by atoms with E-state index in [0.717, 1.165) is 12.6 Å². The van der Waals surface area contributed by atoms with Crippen molar-refractivity contribution < 1.29 is 0 Å². The van der Waals surface area contributed by atoms with Gasteiger partial charge in [-0.1, -0.05) is 23.8 Å². The highest BCUT2D eigenvalue weighted by molar-refractivity contribution is 7.05. The molecule has 0 bridgehead atoms. The van der Waals surface area contributed by atoms with Crippen LogP contribution in [0.15, 0.2) is 6.20 Å². The summed E-state index contributed by atoms with van der Waals surface area (Å²) in [5, 5.41) is 7.37. The quantitative estimate of drug-likeness (QED) is 0.805. The molecule has 72 valence electrons. The molecule has 2 rings (SSSR count). The lowest BCUT2D eigenvalue weighted by Gasteiger charge is -2.22. The highest BCUT2D eigenvalue weighted by Gasteiger charge is 2.12. The molecule has 0 aromatic carbocycles. The largest absolute Gasteiger partial charge is 0.309 e. The number of hydrogen-bond donors (Lipinski definition) is 1. The number of nitrogens with one attached hydrogen (secondary N) is 1. The van der Waals surface area contributed by atoms with Gasteiger partial charge < -0.3 is 5.32 Å². The second-order valence-electron chi connectivity index (χ2n) is 3.60. The Kier molecular flexibility index (Phi) is 3.27. The van der Waals surface area contributed by atoms with Gasteiger partial charge in [-0.25, -0.2) is 0 Å². The van der Waals surface area contributed by atoms with Gasteiger partial charge in [0.25, 0.3) is 0 Å². The Hall–Kier alpha value is -0.480. The van der Waals surface area contributed by atoms with E-state index in [4.69, 9.17) is 0 Å². The first-order valence-corrected chi connectivity index (χ1v) is 5.72. The van der Waals surface area contributed by atoms with Gasteiger partial charge in [0.2, 0.25) is 0 Å². The Labute approximate surface area is 82.7 Å². The van der Waals surface area contributed by atoms with E-state index in [1.807, 2.05) is 6.20 Å². The fourth-order valence-electron chi connectivity index (χ4n) is 1.82. The Morgan fingerprint density at radius 3 is 2.92 bits per heavy atom. The highest BCUT2D eigenvalue weighted by Crippen LogP contribution is 2.17. The first-order valence-electron chi connectivity index (χ1n) is 4.95. The number of nitrogens with zero attached hydrogens (tertiary/aromatic N) is 2. The maximum absolute atomic E-state index is 3.84. The SMILES string of the molecule is c1nnsc1CNC1CCCCC1. The first-order chi connectivity index (χ1) is 6.45. The van der Waals surface area contributed by atoms with E-state index in [-0.39, 0.29) is 0 Å². The summed E-state index contributed by atoms with van der Waals surface area (Å²) in [4.78, 5) is 1.24. The average Bonchev–Trinajstić information content (AvgIpc) is 2.69. The third kappa shape index (κ3) is 2.74. The molecular formula is C9H15N3S. The smallest absolute Gasteiger partial charge is 0.0666 e. The van der Waals surface area contributed by atoms with Crippen molar-refractivity contribution in [1.82, 2.24) is 14.9 Å². The predicted molar refractivity (Wildman–Crippen MR) is 53.6 cm³/mol. The molecule has 13 heavy (non-hydrogen) atoms. The van der Waals surface area contributed by atoms with Crippen LogP contribution in [0.5, 0.6) is 0 Å². The van der Waals surface area contributed by atoms with Crippen molar-refractivity contribution in [1.29, 1.82) is 0 Å². The van der Waals surface area contributed by atoms with Crippen molar-refractivity contribution in [2.45, 2.75) is 44.7 Å². The fourth-order valence-corrected chi connectivity index (χ4v) is 2.26. The second-order valence-corrected chi connectivity index (χ2v) is 4.47. The van der Waals surface area contributed by atoms with Crippen LogP contribution in [0.2, 0.25) is 0 Å². The van der Waals surface area contributed by atoms with Crippen LogP contribution in [0.1, 0.15) is 37.0 Å². The summed E-state index contributed by atoms with van der Waals surface area (Å²) in [6.07, 6.45) is 8.72. The molecule has 1 aromatic rings. The molecule has 1 N–H and O–H groups in total. The van der Waals surface area contributed by atoms with Crippen LogP contribution in [0, 0.1) is 0 Å².